The zero-order valence-electron chi connectivity index (χ0n) is 19.1. The number of anilines is 1. The van der Waals surface area contributed by atoms with Gasteiger partial charge < -0.3 is 4.90 Å². The van der Waals surface area contributed by atoms with Crippen molar-refractivity contribution in [1.82, 2.24) is 8.61 Å². The number of piperidine rings is 1. The lowest BCUT2D eigenvalue weighted by molar-refractivity contribution is -0.123. The molecule has 4 rings (SSSR count). The van der Waals surface area contributed by atoms with Gasteiger partial charge in [-0.15, -0.1) is 0 Å². The smallest absolute Gasteiger partial charge is 0.242 e. The molecule has 2 aromatic carbocycles. The molecular weight excluding hydrogens is 481 g/mol. The van der Waals surface area contributed by atoms with Crippen LogP contribution in [0.25, 0.3) is 0 Å². The van der Waals surface area contributed by atoms with E-state index in [-0.39, 0.29) is 35.4 Å². The summed E-state index contributed by atoms with van der Waals surface area (Å²) in [5.41, 5.74) is 1.64. The van der Waals surface area contributed by atoms with Crippen LogP contribution in [0.2, 0.25) is 0 Å². The van der Waals surface area contributed by atoms with E-state index in [1.165, 1.54) is 42.7 Å². The molecule has 2 aromatic rings. The molecule has 0 aliphatic carbocycles. The summed E-state index contributed by atoms with van der Waals surface area (Å²) in [5.74, 6) is -1.36. The van der Waals surface area contributed by atoms with Crippen LogP contribution in [0.5, 0.6) is 0 Å². The lowest BCUT2D eigenvalue weighted by Crippen LogP contribution is -2.44. The standard InChI is InChI=1S/C23H28FN3O5S2/c1-25(2)34(31,32)20-7-8-22-18(15-20)11-14-27(22)23(28)17-9-12-26(13-10-17)33(29,30)16-19-5-3-4-6-21(19)24/h3-8,15,17H,9-14,16H2,1-2H3. The fourth-order valence-electron chi connectivity index (χ4n) is 4.48. The number of hydrogen-bond acceptors (Lipinski definition) is 5. The van der Waals surface area contributed by atoms with Crippen LogP contribution in [0.15, 0.2) is 47.4 Å². The molecule has 0 radical (unpaired) electrons. The van der Waals surface area contributed by atoms with Crippen LogP contribution >= 0.6 is 0 Å². The normalized spacial score (nSPS) is 17.8. The fourth-order valence-corrected chi connectivity index (χ4v) is 7.01. The van der Waals surface area contributed by atoms with E-state index in [1.807, 2.05) is 0 Å². The van der Waals surface area contributed by atoms with E-state index in [1.54, 1.807) is 23.1 Å². The van der Waals surface area contributed by atoms with Gasteiger partial charge in [0, 0.05) is 50.9 Å². The van der Waals surface area contributed by atoms with E-state index in [0.29, 0.717) is 31.5 Å². The minimum absolute atomic E-state index is 0.0758. The van der Waals surface area contributed by atoms with Crippen LogP contribution in [0.4, 0.5) is 10.1 Å². The Morgan fingerprint density at radius 1 is 1.03 bits per heavy atom. The van der Waals surface area contributed by atoms with Crippen LogP contribution in [-0.2, 0) is 37.0 Å². The Balaban J connectivity index is 1.42. The van der Waals surface area contributed by atoms with Crippen molar-refractivity contribution in [3.63, 3.8) is 0 Å². The molecule has 34 heavy (non-hydrogen) atoms. The third-order valence-electron chi connectivity index (χ3n) is 6.48. The first-order valence-corrected chi connectivity index (χ1v) is 14.1. The highest BCUT2D eigenvalue weighted by molar-refractivity contribution is 7.89. The van der Waals surface area contributed by atoms with Gasteiger partial charge in [0.05, 0.1) is 10.6 Å². The molecule has 2 heterocycles. The van der Waals surface area contributed by atoms with Crippen LogP contribution in [0.1, 0.15) is 24.0 Å². The van der Waals surface area contributed by atoms with Gasteiger partial charge >= 0.3 is 0 Å². The number of carbonyl (C=O) groups excluding carboxylic acids is 1. The number of halogens is 1. The first-order chi connectivity index (χ1) is 16.0. The van der Waals surface area contributed by atoms with E-state index in [0.717, 1.165) is 9.87 Å². The highest BCUT2D eigenvalue weighted by atomic mass is 32.2. The average Bonchev–Trinajstić information content (AvgIpc) is 3.23. The fraction of sp³-hybridized carbons (Fsp3) is 0.435. The predicted molar refractivity (Wildman–Crippen MR) is 127 cm³/mol. The summed E-state index contributed by atoms with van der Waals surface area (Å²) >= 11 is 0. The second-order valence-electron chi connectivity index (χ2n) is 8.84. The monoisotopic (exact) mass is 509 g/mol. The Morgan fingerprint density at radius 3 is 2.35 bits per heavy atom. The topological polar surface area (TPSA) is 95.1 Å². The Hall–Kier alpha value is -2.34. The summed E-state index contributed by atoms with van der Waals surface area (Å²) in [4.78, 5) is 15.1. The van der Waals surface area contributed by atoms with Crippen molar-refractivity contribution >= 4 is 31.6 Å². The van der Waals surface area contributed by atoms with Gasteiger partial charge in [-0.25, -0.2) is 29.8 Å². The summed E-state index contributed by atoms with van der Waals surface area (Å²) in [6.45, 7) is 0.868. The molecule has 0 atom stereocenters. The van der Waals surface area contributed by atoms with Crippen LogP contribution in [0, 0.1) is 11.7 Å². The summed E-state index contributed by atoms with van der Waals surface area (Å²) in [7, 11) is -4.31. The van der Waals surface area contributed by atoms with Gasteiger partial charge in [-0.1, -0.05) is 18.2 Å². The molecule has 0 unspecified atom stereocenters. The maximum absolute atomic E-state index is 13.9. The summed E-state index contributed by atoms with van der Waals surface area (Å²) in [6, 6.07) is 10.6. The van der Waals surface area contributed by atoms with Crippen LogP contribution in [-0.4, -0.2) is 65.1 Å². The SMILES string of the molecule is CN(C)S(=O)(=O)c1ccc2c(c1)CCN2C(=O)C1CCN(S(=O)(=O)Cc2ccccc2F)CC1. The molecule has 0 aromatic heterocycles. The van der Waals surface area contributed by atoms with Crippen molar-refractivity contribution in [1.29, 1.82) is 0 Å². The molecule has 1 fully saturated rings. The third kappa shape index (κ3) is 4.74. The maximum Gasteiger partial charge on any atom is 0.242 e. The van der Waals surface area contributed by atoms with Gasteiger partial charge in [-0.3, -0.25) is 4.79 Å². The van der Waals surface area contributed by atoms with Gasteiger partial charge in [-0.05, 0) is 49.1 Å². The van der Waals surface area contributed by atoms with Crippen molar-refractivity contribution in [3.8, 4) is 0 Å². The number of sulfonamides is 2. The first-order valence-electron chi connectivity index (χ1n) is 11.1. The zero-order chi connectivity index (χ0) is 24.7. The molecule has 8 nitrogen and oxygen atoms in total. The Bertz CT molecular complexity index is 1300. The number of hydrogen-bond donors (Lipinski definition) is 0. The van der Waals surface area contributed by atoms with Gasteiger partial charge in [0.2, 0.25) is 26.0 Å². The lowest BCUT2D eigenvalue weighted by Gasteiger charge is -2.32. The molecule has 1 amide bonds. The molecular formula is C23H28FN3O5S2. The van der Waals surface area contributed by atoms with E-state index < -0.39 is 31.6 Å². The first kappa shape index (κ1) is 24.8. The number of fused-ring (bicyclic) bond motifs is 1. The maximum atomic E-state index is 13.9. The van der Waals surface area contributed by atoms with Gasteiger partial charge in [-0.2, -0.15) is 0 Å². The second kappa shape index (κ2) is 9.37. The van der Waals surface area contributed by atoms with E-state index in [4.69, 9.17) is 0 Å². The molecule has 0 spiro atoms. The summed E-state index contributed by atoms with van der Waals surface area (Å²) in [5, 5.41) is 0. The van der Waals surface area contributed by atoms with E-state index in [9.17, 15) is 26.0 Å². The third-order valence-corrected chi connectivity index (χ3v) is 10.1. The highest BCUT2D eigenvalue weighted by Gasteiger charge is 2.36. The molecule has 0 N–H and O–H groups in total. The Labute approximate surface area is 200 Å². The molecule has 1 saturated heterocycles. The minimum atomic E-state index is -3.69. The second-order valence-corrected chi connectivity index (χ2v) is 13.0. The van der Waals surface area contributed by atoms with Crippen molar-refractivity contribution < 1.29 is 26.0 Å². The molecule has 0 saturated carbocycles. The number of carbonyl (C=O) groups is 1. The van der Waals surface area contributed by atoms with Gasteiger partial charge in [0.25, 0.3) is 0 Å². The highest BCUT2D eigenvalue weighted by Crippen LogP contribution is 2.34. The van der Waals surface area contributed by atoms with Crippen LogP contribution in [0.3, 0.4) is 0 Å². The minimum Gasteiger partial charge on any atom is -0.312 e. The molecule has 2 aliphatic heterocycles. The average molecular weight is 510 g/mol. The number of amides is 1. The van der Waals surface area contributed by atoms with E-state index >= 15 is 0 Å². The molecule has 184 valence electrons. The van der Waals surface area contributed by atoms with Crippen LogP contribution < -0.4 is 4.90 Å². The lowest BCUT2D eigenvalue weighted by atomic mass is 9.96. The summed E-state index contributed by atoms with van der Waals surface area (Å²) in [6.07, 6.45) is 1.33. The number of rotatable bonds is 6. The quantitative estimate of drug-likeness (QED) is 0.595. The predicted octanol–water partition coefficient (Wildman–Crippen LogP) is 2.21. The van der Waals surface area contributed by atoms with E-state index in [2.05, 4.69) is 0 Å². The van der Waals surface area contributed by atoms with Crippen molar-refractivity contribution in [2.45, 2.75) is 29.9 Å². The van der Waals surface area contributed by atoms with Gasteiger partial charge in [0.1, 0.15) is 5.82 Å². The molecule has 2 aliphatic rings. The number of benzene rings is 2. The number of nitrogens with zero attached hydrogens (tertiary/aromatic N) is 3. The zero-order valence-corrected chi connectivity index (χ0v) is 20.8. The Kier molecular flexibility index (Phi) is 6.83. The van der Waals surface area contributed by atoms with Crippen molar-refractivity contribution in [3.05, 3.63) is 59.4 Å². The largest absolute Gasteiger partial charge is 0.312 e. The van der Waals surface area contributed by atoms with Crippen molar-refractivity contribution in [2.75, 3.05) is 38.6 Å². The Morgan fingerprint density at radius 2 is 1.71 bits per heavy atom. The van der Waals surface area contributed by atoms with Crippen molar-refractivity contribution in [2.24, 2.45) is 5.92 Å². The van der Waals surface area contributed by atoms with Gasteiger partial charge in [0.15, 0.2) is 0 Å². The molecule has 0 bridgehead atoms. The molecule has 11 heteroatoms. The summed E-state index contributed by atoms with van der Waals surface area (Å²) < 4.78 is 66.8.